The van der Waals surface area contributed by atoms with E-state index in [0.717, 1.165) is 0 Å². The van der Waals surface area contributed by atoms with Crippen LogP contribution >= 0.6 is 11.8 Å². The Labute approximate surface area is 173 Å². The van der Waals surface area contributed by atoms with Crippen molar-refractivity contribution in [1.82, 2.24) is 16.0 Å². The summed E-state index contributed by atoms with van der Waals surface area (Å²) < 4.78 is 0. The van der Waals surface area contributed by atoms with Crippen LogP contribution < -0.4 is 21.7 Å². The summed E-state index contributed by atoms with van der Waals surface area (Å²) in [5.41, 5.74) is 5.50. The zero-order valence-electron chi connectivity index (χ0n) is 16.8. The van der Waals surface area contributed by atoms with Gasteiger partial charge in [-0.05, 0) is 30.8 Å². The van der Waals surface area contributed by atoms with E-state index in [4.69, 9.17) is 15.9 Å². The minimum atomic E-state index is -1.31. The summed E-state index contributed by atoms with van der Waals surface area (Å²) in [4.78, 5) is 58.2. The van der Waals surface area contributed by atoms with E-state index in [2.05, 4.69) is 16.0 Å². The molecule has 0 saturated heterocycles. The number of hydrogen-bond acceptors (Lipinski definition) is 7. The smallest absolute Gasteiger partial charge is 0.326 e. The highest BCUT2D eigenvalue weighted by Crippen LogP contribution is 2.06. The lowest BCUT2D eigenvalue weighted by Gasteiger charge is -2.22. The quantitative estimate of drug-likeness (QED) is 0.194. The van der Waals surface area contributed by atoms with E-state index in [1.165, 1.54) is 11.8 Å². The second-order valence-corrected chi connectivity index (χ2v) is 7.84. The van der Waals surface area contributed by atoms with Crippen molar-refractivity contribution in [2.45, 2.75) is 51.2 Å². The van der Waals surface area contributed by atoms with E-state index < -0.39 is 60.8 Å². The normalized spacial score (nSPS) is 13.8. The Balaban J connectivity index is 4.80. The third-order valence-electron chi connectivity index (χ3n) is 3.74. The number of carbonyl (C=O) groups is 5. The first-order valence-corrected chi connectivity index (χ1v) is 10.4. The highest BCUT2D eigenvalue weighted by Gasteiger charge is 2.26. The van der Waals surface area contributed by atoms with Gasteiger partial charge in [-0.3, -0.25) is 19.2 Å². The monoisotopic (exact) mass is 434 g/mol. The molecule has 3 unspecified atom stereocenters. The van der Waals surface area contributed by atoms with Gasteiger partial charge in [-0.15, -0.1) is 0 Å². The van der Waals surface area contributed by atoms with Crippen LogP contribution in [0.4, 0.5) is 0 Å². The van der Waals surface area contributed by atoms with Crippen LogP contribution in [0.5, 0.6) is 0 Å². The molecule has 0 aromatic carbocycles. The number of nitrogens with two attached hydrogens (primary N) is 1. The molecule has 12 heteroatoms. The highest BCUT2D eigenvalue weighted by atomic mass is 32.2. The number of hydrogen-bond donors (Lipinski definition) is 6. The largest absolute Gasteiger partial charge is 0.481 e. The molecule has 0 rings (SSSR count). The molecule has 0 bridgehead atoms. The third-order valence-corrected chi connectivity index (χ3v) is 4.38. The first-order valence-electron chi connectivity index (χ1n) is 9.04. The summed E-state index contributed by atoms with van der Waals surface area (Å²) in [5, 5.41) is 24.9. The fourth-order valence-electron chi connectivity index (χ4n) is 2.29. The van der Waals surface area contributed by atoms with Crippen LogP contribution in [0.25, 0.3) is 0 Å². The van der Waals surface area contributed by atoms with Crippen molar-refractivity contribution in [3.8, 4) is 0 Å². The molecule has 0 heterocycles. The predicted molar refractivity (Wildman–Crippen MR) is 107 cm³/mol. The number of carboxylic acids is 2. The summed E-state index contributed by atoms with van der Waals surface area (Å²) >= 11 is 1.44. The van der Waals surface area contributed by atoms with Gasteiger partial charge in [0, 0.05) is 0 Å². The molecule has 3 amide bonds. The van der Waals surface area contributed by atoms with Gasteiger partial charge < -0.3 is 31.9 Å². The fourth-order valence-corrected chi connectivity index (χ4v) is 2.76. The molecule has 0 aromatic heterocycles. The molecule has 0 fully saturated rings. The molecule has 0 aliphatic rings. The predicted octanol–water partition coefficient (Wildman–Crippen LogP) is -1.24. The van der Waals surface area contributed by atoms with Gasteiger partial charge in [-0.2, -0.15) is 11.8 Å². The lowest BCUT2D eigenvalue weighted by Crippen LogP contribution is -2.54. The van der Waals surface area contributed by atoms with Crippen molar-refractivity contribution in [3.63, 3.8) is 0 Å². The maximum Gasteiger partial charge on any atom is 0.326 e. The lowest BCUT2D eigenvalue weighted by molar-refractivity contribution is -0.141. The molecule has 0 aliphatic carbocycles. The standard InChI is InChI=1S/C17H30N4O7S/c1-9(2)6-12(21-15(25)10(18)7-14(23)24)16(26)19-8-13(22)20-11(17(27)28)4-5-29-3/h9-12H,4-8,18H2,1-3H3,(H,19,26)(H,20,22)(H,21,25)(H,23,24)(H,27,28). The van der Waals surface area contributed by atoms with E-state index in [1.807, 2.05) is 20.1 Å². The molecule has 3 atom stereocenters. The first-order chi connectivity index (χ1) is 13.5. The van der Waals surface area contributed by atoms with Gasteiger partial charge in [-0.25, -0.2) is 4.79 Å². The molecule has 0 aliphatic heterocycles. The highest BCUT2D eigenvalue weighted by molar-refractivity contribution is 7.98. The van der Waals surface area contributed by atoms with Crippen molar-refractivity contribution >= 4 is 41.4 Å². The van der Waals surface area contributed by atoms with Crippen LogP contribution in [0.15, 0.2) is 0 Å². The van der Waals surface area contributed by atoms with E-state index >= 15 is 0 Å². The van der Waals surface area contributed by atoms with Gasteiger partial charge in [-0.1, -0.05) is 13.8 Å². The number of amides is 3. The molecule has 7 N–H and O–H groups in total. The van der Waals surface area contributed by atoms with E-state index in [0.29, 0.717) is 5.75 Å². The molecule has 0 radical (unpaired) electrons. The Morgan fingerprint density at radius 1 is 1.00 bits per heavy atom. The van der Waals surface area contributed by atoms with Gasteiger partial charge in [0.2, 0.25) is 17.7 Å². The van der Waals surface area contributed by atoms with E-state index in [1.54, 1.807) is 0 Å². The van der Waals surface area contributed by atoms with Crippen molar-refractivity contribution in [3.05, 3.63) is 0 Å². The molecular weight excluding hydrogens is 404 g/mol. The van der Waals surface area contributed by atoms with E-state index in [9.17, 15) is 24.0 Å². The van der Waals surface area contributed by atoms with Gasteiger partial charge in [0.1, 0.15) is 12.1 Å². The Bertz CT molecular complexity index is 600. The Morgan fingerprint density at radius 3 is 2.10 bits per heavy atom. The molecule has 0 saturated carbocycles. The van der Waals surface area contributed by atoms with Crippen LogP contribution in [-0.2, 0) is 24.0 Å². The van der Waals surface area contributed by atoms with E-state index in [-0.39, 0.29) is 18.8 Å². The number of aliphatic carboxylic acids is 2. The average molecular weight is 435 g/mol. The average Bonchev–Trinajstić information content (AvgIpc) is 2.61. The van der Waals surface area contributed by atoms with Crippen LogP contribution in [-0.4, -0.2) is 76.6 Å². The van der Waals surface area contributed by atoms with Crippen LogP contribution in [0, 0.1) is 5.92 Å². The first kappa shape index (κ1) is 26.7. The fraction of sp³-hybridized carbons (Fsp3) is 0.706. The Kier molecular flexibility index (Phi) is 12.7. The summed E-state index contributed by atoms with van der Waals surface area (Å²) in [6.45, 7) is 3.17. The zero-order valence-corrected chi connectivity index (χ0v) is 17.6. The molecular formula is C17H30N4O7S. The second kappa shape index (κ2) is 13.8. The third kappa shape index (κ3) is 12.0. The van der Waals surface area contributed by atoms with Crippen molar-refractivity contribution < 1.29 is 34.2 Å². The summed E-state index contributed by atoms with van der Waals surface area (Å²) in [5.74, 6) is -3.98. The number of carboxylic acid groups (broad SMARTS) is 2. The summed E-state index contributed by atoms with van der Waals surface area (Å²) in [6, 6.07) is -3.39. The Hall–Kier alpha value is -2.34. The van der Waals surface area contributed by atoms with Crippen LogP contribution in [0.1, 0.15) is 33.1 Å². The number of carbonyl (C=O) groups excluding carboxylic acids is 3. The van der Waals surface area contributed by atoms with Crippen molar-refractivity contribution in [2.24, 2.45) is 11.7 Å². The van der Waals surface area contributed by atoms with Gasteiger partial charge in [0.15, 0.2) is 0 Å². The minimum absolute atomic E-state index is 0.0125. The number of nitrogens with one attached hydrogen (secondary N) is 3. The number of thioether (sulfide) groups is 1. The molecule has 166 valence electrons. The summed E-state index contributed by atoms with van der Waals surface area (Å²) in [7, 11) is 0. The van der Waals surface area contributed by atoms with Gasteiger partial charge in [0.05, 0.1) is 19.0 Å². The maximum atomic E-state index is 12.4. The molecule has 29 heavy (non-hydrogen) atoms. The molecule has 0 spiro atoms. The zero-order chi connectivity index (χ0) is 22.6. The molecule has 11 nitrogen and oxygen atoms in total. The van der Waals surface area contributed by atoms with Crippen LogP contribution in [0.3, 0.4) is 0 Å². The lowest BCUT2D eigenvalue weighted by atomic mass is 10.0. The minimum Gasteiger partial charge on any atom is -0.481 e. The topological polar surface area (TPSA) is 188 Å². The van der Waals surface area contributed by atoms with Gasteiger partial charge >= 0.3 is 11.9 Å². The summed E-state index contributed by atoms with van der Waals surface area (Å²) in [6.07, 6.45) is 1.71. The van der Waals surface area contributed by atoms with Crippen molar-refractivity contribution in [2.75, 3.05) is 18.6 Å². The maximum absolute atomic E-state index is 12.4. The van der Waals surface area contributed by atoms with Crippen molar-refractivity contribution in [1.29, 1.82) is 0 Å². The second-order valence-electron chi connectivity index (χ2n) is 6.85. The van der Waals surface area contributed by atoms with Gasteiger partial charge in [0.25, 0.3) is 0 Å². The molecule has 0 aromatic rings. The SMILES string of the molecule is CSCCC(NC(=O)CNC(=O)C(CC(C)C)NC(=O)C(N)CC(=O)O)C(=O)O. The Morgan fingerprint density at radius 2 is 1.62 bits per heavy atom. The van der Waals surface area contributed by atoms with Crippen LogP contribution in [0.2, 0.25) is 0 Å². The number of rotatable bonds is 14.